The van der Waals surface area contributed by atoms with Crippen LogP contribution in [-0.4, -0.2) is 22.7 Å². The summed E-state index contributed by atoms with van der Waals surface area (Å²) in [7, 11) is 0. The van der Waals surface area contributed by atoms with Gasteiger partial charge in [-0.2, -0.15) is 0 Å². The zero-order valence-electron chi connectivity index (χ0n) is 9.52. The second kappa shape index (κ2) is 6.68. The zero-order chi connectivity index (χ0) is 12.8. The Hall–Kier alpha value is -0.980. The minimum absolute atomic E-state index is 0.0559. The van der Waals surface area contributed by atoms with Crippen molar-refractivity contribution in [3.05, 3.63) is 38.3 Å². The average molecular weight is 303 g/mol. The second-order valence-electron chi connectivity index (χ2n) is 3.74. The van der Waals surface area contributed by atoms with E-state index in [0.29, 0.717) is 24.0 Å². The predicted octanol–water partition coefficient (Wildman–Crippen LogP) is 2.22. The first-order chi connectivity index (χ1) is 8.04. The van der Waals surface area contributed by atoms with Gasteiger partial charge in [-0.15, -0.1) is 0 Å². The standard InChI is InChI=1S/C11H15BrN2O3/c1-2-9(15)7-13-6-8-3-4-10(12)11(5-8)14(16)17/h3-5,9,13,15H,2,6-7H2,1H3. The first-order valence-electron chi connectivity index (χ1n) is 5.36. The quantitative estimate of drug-likeness (QED) is 0.624. The van der Waals surface area contributed by atoms with E-state index in [1.54, 1.807) is 6.07 Å². The Labute approximate surface area is 108 Å². The highest BCUT2D eigenvalue weighted by molar-refractivity contribution is 9.10. The third-order valence-electron chi connectivity index (χ3n) is 2.39. The van der Waals surface area contributed by atoms with Crippen LogP contribution in [0.4, 0.5) is 5.69 Å². The third kappa shape index (κ3) is 4.41. The van der Waals surface area contributed by atoms with Crippen molar-refractivity contribution in [2.45, 2.75) is 26.0 Å². The lowest BCUT2D eigenvalue weighted by atomic mass is 10.2. The van der Waals surface area contributed by atoms with Crippen LogP contribution >= 0.6 is 15.9 Å². The number of rotatable bonds is 6. The molecule has 0 heterocycles. The van der Waals surface area contributed by atoms with Crippen LogP contribution in [-0.2, 0) is 6.54 Å². The Morgan fingerprint density at radius 2 is 2.29 bits per heavy atom. The highest BCUT2D eigenvalue weighted by Gasteiger charge is 2.12. The topological polar surface area (TPSA) is 75.4 Å². The lowest BCUT2D eigenvalue weighted by Gasteiger charge is -2.09. The Morgan fingerprint density at radius 3 is 2.88 bits per heavy atom. The maximum atomic E-state index is 10.7. The molecule has 0 amide bonds. The van der Waals surface area contributed by atoms with Crippen molar-refractivity contribution in [1.29, 1.82) is 0 Å². The summed E-state index contributed by atoms with van der Waals surface area (Å²) in [6, 6.07) is 4.99. The molecule has 0 radical (unpaired) electrons. The molecule has 1 atom stereocenters. The molecule has 0 aliphatic carbocycles. The summed E-state index contributed by atoms with van der Waals surface area (Å²) in [5.41, 5.74) is 0.878. The molecule has 0 saturated heterocycles. The van der Waals surface area contributed by atoms with Crippen molar-refractivity contribution < 1.29 is 10.0 Å². The summed E-state index contributed by atoms with van der Waals surface area (Å²) < 4.78 is 0.472. The Balaban J connectivity index is 2.60. The molecule has 17 heavy (non-hydrogen) atoms. The molecule has 0 aliphatic heterocycles. The number of benzene rings is 1. The molecule has 0 fully saturated rings. The predicted molar refractivity (Wildman–Crippen MR) is 68.8 cm³/mol. The second-order valence-corrected chi connectivity index (χ2v) is 4.59. The van der Waals surface area contributed by atoms with E-state index >= 15 is 0 Å². The van der Waals surface area contributed by atoms with Crippen LogP contribution in [0.2, 0.25) is 0 Å². The smallest absolute Gasteiger partial charge is 0.283 e. The van der Waals surface area contributed by atoms with Crippen LogP contribution in [0.25, 0.3) is 0 Å². The molecule has 1 rings (SSSR count). The van der Waals surface area contributed by atoms with Gasteiger partial charge < -0.3 is 10.4 Å². The molecule has 1 aromatic rings. The van der Waals surface area contributed by atoms with Crippen molar-refractivity contribution in [3.63, 3.8) is 0 Å². The number of nitrogens with one attached hydrogen (secondary N) is 1. The van der Waals surface area contributed by atoms with Crippen LogP contribution in [0.5, 0.6) is 0 Å². The van der Waals surface area contributed by atoms with E-state index in [-0.39, 0.29) is 11.8 Å². The van der Waals surface area contributed by atoms with Gasteiger partial charge in [0.05, 0.1) is 15.5 Å². The molecule has 0 aliphatic rings. The van der Waals surface area contributed by atoms with Gasteiger partial charge in [0.15, 0.2) is 0 Å². The molecular weight excluding hydrogens is 288 g/mol. The van der Waals surface area contributed by atoms with E-state index in [1.165, 1.54) is 6.07 Å². The van der Waals surface area contributed by atoms with Crippen LogP contribution in [0.1, 0.15) is 18.9 Å². The van der Waals surface area contributed by atoms with Crippen LogP contribution in [0.3, 0.4) is 0 Å². The molecule has 5 nitrogen and oxygen atoms in total. The fourth-order valence-corrected chi connectivity index (χ4v) is 1.73. The monoisotopic (exact) mass is 302 g/mol. The van der Waals surface area contributed by atoms with Gasteiger partial charge in [0, 0.05) is 19.2 Å². The molecule has 6 heteroatoms. The minimum atomic E-state index is -0.422. The number of halogens is 1. The van der Waals surface area contributed by atoms with Crippen LogP contribution < -0.4 is 5.32 Å². The molecule has 0 spiro atoms. The number of aliphatic hydroxyl groups excluding tert-OH is 1. The van der Waals surface area contributed by atoms with Gasteiger partial charge in [-0.1, -0.05) is 13.0 Å². The lowest BCUT2D eigenvalue weighted by Crippen LogP contribution is -2.25. The van der Waals surface area contributed by atoms with Crippen molar-refractivity contribution >= 4 is 21.6 Å². The van der Waals surface area contributed by atoms with E-state index in [9.17, 15) is 15.2 Å². The molecule has 0 aromatic heterocycles. The van der Waals surface area contributed by atoms with Gasteiger partial charge in [-0.25, -0.2) is 0 Å². The Kier molecular flexibility index (Phi) is 5.54. The van der Waals surface area contributed by atoms with Crippen molar-refractivity contribution in [2.24, 2.45) is 0 Å². The molecule has 94 valence electrons. The number of hydrogen-bond donors (Lipinski definition) is 2. The zero-order valence-corrected chi connectivity index (χ0v) is 11.1. The molecular formula is C11H15BrN2O3. The molecule has 0 saturated carbocycles. The van der Waals surface area contributed by atoms with Gasteiger partial charge in [0.1, 0.15) is 0 Å². The number of nitro benzene ring substituents is 1. The van der Waals surface area contributed by atoms with Gasteiger partial charge in [0.2, 0.25) is 0 Å². The van der Waals surface area contributed by atoms with Gasteiger partial charge in [-0.3, -0.25) is 10.1 Å². The Morgan fingerprint density at radius 1 is 1.59 bits per heavy atom. The van der Waals surface area contributed by atoms with Gasteiger partial charge in [-0.05, 0) is 34.0 Å². The Bertz CT molecular complexity index is 398. The van der Waals surface area contributed by atoms with Crippen molar-refractivity contribution in [2.75, 3.05) is 6.54 Å². The SMILES string of the molecule is CCC(O)CNCc1ccc(Br)c([N+](=O)[O-])c1. The molecule has 2 N–H and O–H groups in total. The summed E-state index contributed by atoms with van der Waals surface area (Å²) >= 11 is 3.13. The maximum absolute atomic E-state index is 10.7. The fourth-order valence-electron chi connectivity index (χ4n) is 1.34. The van der Waals surface area contributed by atoms with E-state index in [2.05, 4.69) is 21.2 Å². The number of aliphatic hydroxyl groups is 1. The highest BCUT2D eigenvalue weighted by Crippen LogP contribution is 2.25. The van der Waals surface area contributed by atoms with E-state index in [1.807, 2.05) is 13.0 Å². The van der Waals surface area contributed by atoms with E-state index in [4.69, 9.17) is 0 Å². The number of nitro groups is 1. The third-order valence-corrected chi connectivity index (χ3v) is 3.06. The molecule has 0 bridgehead atoms. The normalized spacial score (nSPS) is 12.4. The van der Waals surface area contributed by atoms with Crippen LogP contribution in [0.15, 0.2) is 22.7 Å². The van der Waals surface area contributed by atoms with Crippen LogP contribution in [0, 0.1) is 10.1 Å². The molecule has 1 unspecified atom stereocenters. The van der Waals surface area contributed by atoms with Gasteiger partial charge in [0.25, 0.3) is 5.69 Å². The minimum Gasteiger partial charge on any atom is -0.392 e. The summed E-state index contributed by atoms with van der Waals surface area (Å²) in [4.78, 5) is 10.3. The summed E-state index contributed by atoms with van der Waals surface area (Å²) in [6.45, 7) is 2.89. The average Bonchev–Trinajstić information content (AvgIpc) is 2.30. The first-order valence-corrected chi connectivity index (χ1v) is 6.15. The number of nitrogens with zero attached hydrogens (tertiary/aromatic N) is 1. The summed E-state index contributed by atoms with van der Waals surface area (Å²) in [6.07, 6.45) is 0.313. The fraction of sp³-hybridized carbons (Fsp3) is 0.455. The first kappa shape index (κ1) is 14.1. The number of hydrogen-bond acceptors (Lipinski definition) is 4. The highest BCUT2D eigenvalue weighted by atomic mass is 79.9. The van der Waals surface area contributed by atoms with E-state index < -0.39 is 4.92 Å². The largest absolute Gasteiger partial charge is 0.392 e. The summed E-state index contributed by atoms with van der Waals surface area (Å²) in [5, 5.41) is 23.1. The van der Waals surface area contributed by atoms with Gasteiger partial charge >= 0.3 is 0 Å². The molecule has 1 aromatic carbocycles. The lowest BCUT2D eigenvalue weighted by molar-refractivity contribution is -0.385. The van der Waals surface area contributed by atoms with Crippen molar-refractivity contribution in [1.82, 2.24) is 5.32 Å². The van der Waals surface area contributed by atoms with Crippen molar-refractivity contribution in [3.8, 4) is 0 Å². The summed E-state index contributed by atoms with van der Waals surface area (Å²) in [5.74, 6) is 0. The van der Waals surface area contributed by atoms with E-state index in [0.717, 1.165) is 5.56 Å². The maximum Gasteiger partial charge on any atom is 0.283 e.